The van der Waals surface area contributed by atoms with E-state index in [0.29, 0.717) is 29.6 Å². The van der Waals surface area contributed by atoms with Gasteiger partial charge in [0.15, 0.2) is 0 Å². The monoisotopic (exact) mass is 349 g/mol. The number of carbonyl (C=O) groups is 1. The number of nitrogens with zero attached hydrogens (tertiary/aromatic N) is 4. The molecule has 2 aromatic heterocycles. The maximum absolute atomic E-state index is 12.5. The molecule has 7 nitrogen and oxygen atoms in total. The first-order valence-corrected chi connectivity index (χ1v) is 8.35. The minimum atomic E-state index is -0.150. The van der Waals surface area contributed by atoms with E-state index in [9.17, 15) is 9.59 Å². The van der Waals surface area contributed by atoms with Crippen LogP contribution >= 0.6 is 11.6 Å². The highest BCUT2D eigenvalue weighted by molar-refractivity contribution is 6.31. The third-order valence-corrected chi connectivity index (χ3v) is 4.63. The Morgan fingerprint density at radius 3 is 2.92 bits per heavy atom. The zero-order chi connectivity index (χ0) is 17.3. The second kappa shape index (κ2) is 6.76. The molecule has 0 spiro atoms. The van der Waals surface area contributed by atoms with Gasteiger partial charge in [-0.3, -0.25) is 14.3 Å². The third-order valence-electron chi connectivity index (χ3n) is 4.26. The molecule has 128 valence electrons. The van der Waals surface area contributed by atoms with E-state index in [-0.39, 0.29) is 23.9 Å². The van der Waals surface area contributed by atoms with Gasteiger partial charge in [-0.25, -0.2) is 4.98 Å². The highest BCUT2D eigenvalue weighted by Gasteiger charge is 2.26. The van der Waals surface area contributed by atoms with Crippen molar-refractivity contribution in [3.63, 3.8) is 0 Å². The van der Waals surface area contributed by atoms with Gasteiger partial charge in [0.05, 0.1) is 16.4 Å². The number of rotatable bonds is 3. The summed E-state index contributed by atoms with van der Waals surface area (Å²) in [5.41, 5.74) is 1.32. The smallest absolute Gasteiger partial charge is 0.251 e. The van der Waals surface area contributed by atoms with Crippen LogP contribution < -0.4 is 5.56 Å². The third kappa shape index (κ3) is 3.67. The van der Waals surface area contributed by atoms with E-state index >= 15 is 0 Å². The molecule has 2 aromatic rings. The molecule has 1 atom stereocenters. The number of amides is 1. The van der Waals surface area contributed by atoms with Crippen molar-refractivity contribution in [1.29, 1.82) is 0 Å². The van der Waals surface area contributed by atoms with Gasteiger partial charge >= 0.3 is 0 Å². The first-order valence-electron chi connectivity index (χ1n) is 7.97. The molecule has 24 heavy (non-hydrogen) atoms. The zero-order valence-electron chi connectivity index (χ0n) is 13.8. The van der Waals surface area contributed by atoms with Crippen LogP contribution in [0.15, 0.2) is 17.1 Å². The second-order valence-corrected chi connectivity index (χ2v) is 6.60. The molecule has 0 aliphatic carbocycles. The molecule has 3 heterocycles. The molecule has 0 radical (unpaired) electrons. The number of aromatic nitrogens is 4. The summed E-state index contributed by atoms with van der Waals surface area (Å²) in [4.78, 5) is 33.1. The molecule has 1 aliphatic rings. The predicted octanol–water partition coefficient (Wildman–Crippen LogP) is 1.64. The number of aromatic amines is 1. The second-order valence-electron chi connectivity index (χ2n) is 6.19. The number of H-pyrrole nitrogens is 1. The van der Waals surface area contributed by atoms with Crippen molar-refractivity contribution in [3.8, 4) is 0 Å². The average molecular weight is 350 g/mol. The summed E-state index contributed by atoms with van der Waals surface area (Å²) in [6, 6.07) is 1.53. The quantitative estimate of drug-likeness (QED) is 0.913. The maximum Gasteiger partial charge on any atom is 0.251 e. The minimum absolute atomic E-state index is 0.000397. The van der Waals surface area contributed by atoms with E-state index in [1.54, 1.807) is 24.7 Å². The topological polar surface area (TPSA) is 83.9 Å². The van der Waals surface area contributed by atoms with Crippen molar-refractivity contribution in [2.45, 2.75) is 39.2 Å². The molecule has 3 rings (SSSR count). The fraction of sp³-hybridized carbons (Fsp3) is 0.500. The van der Waals surface area contributed by atoms with Gasteiger partial charge in [0.25, 0.3) is 5.56 Å². The molecule has 1 aliphatic heterocycles. The van der Waals surface area contributed by atoms with Crippen molar-refractivity contribution in [2.75, 3.05) is 13.1 Å². The Kier molecular flexibility index (Phi) is 4.71. The summed E-state index contributed by atoms with van der Waals surface area (Å²) in [5, 5.41) is 4.78. The normalized spacial score (nSPS) is 18.0. The number of halogens is 1. The van der Waals surface area contributed by atoms with Crippen LogP contribution in [0.4, 0.5) is 0 Å². The molecule has 8 heteroatoms. The Balaban J connectivity index is 1.70. The number of likely N-dealkylation sites (tertiary alicyclic amines) is 1. The fourth-order valence-corrected chi connectivity index (χ4v) is 3.22. The molecule has 0 unspecified atom stereocenters. The van der Waals surface area contributed by atoms with Crippen LogP contribution in [0.3, 0.4) is 0 Å². The minimum Gasteiger partial charge on any atom is -0.340 e. The summed E-state index contributed by atoms with van der Waals surface area (Å²) in [5.74, 6) is 0.690. The Morgan fingerprint density at radius 1 is 1.46 bits per heavy atom. The van der Waals surface area contributed by atoms with Crippen molar-refractivity contribution in [2.24, 2.45) is 0 Å². The van der Waals surface area contributed by atoms with Gasteiger partial charge in [0.2, 0.25) is 5.91 Å². The summed E-state index contributed by atoms with van der Waals surface area (Å²) in [7, 11) is 0. The van der Waals surface area contributed by atoms with E-state index < -0.39 is 0 Å². The van der Waals surface area contributed by atoms with Crippen LogP contribution in [0.2, 0.25) is 5.02 Å². The number of hydrogen-bond acceptors (Lipinski definition) is 4. The van der Waals surface area contributed by atoms with Crippen molar-refractivity contribution >= 4 is 17.5 Å². The lowest BCUT2D eigenvalue weighted by atomic mass is 9.94. The molecule has 1 saturated heterocycles. The van der Waals surface area contributed by atoms with Crippen LogP contribution in [0.25, 0.3) is 0 Å². The van der Waals surface area contributed by atoms with Crippen LogP contribution in [0.5, 0.6) is 0 Å². The number of carbonyl (C=O) groups excluding carboxylic acids is 1. The van der Waals surface area contributed by atoms with Crippen molar-refractivity contribution < 1.29 is 4.79 Å². The summed E-state index contributed by atoms with van der Waals surface area (Å²) in [6.07, 6.45) is 3.48. The first-order chi connectivity index (χ1) is 11.4. The van der Waals surface area contributed by atoms with Crippen LogP contribution in [0.1, 0.15) is 36.0 Å². The molecule has 0 saturated carbocycles. The van der Waals surface area contributed by atoms with E-state index in [4.69, 9.17) is 11.6 Å². The lowest BCUT2D eigenvalue weighted by Crippen LogP contribution is -2.41. The van der Waals surface area contributed by atoms with Gasteiger partial charge in [-0.1, -0.05) is 11.6 Å². The molecule has 0 aromatic carbocycles. The summed E-state index contributed by atoms with van der Waals surface area (Å²) >= 11 is 5.98. The fourth-order valence-electron chi connectivity index (χ4n) is 3.07. The van der Waals surface area contributed by atoms with Crippen LogP contribution in [-0.4, -0.2) is 43.6 Å². The molecule has 1 N–H and O–H groups in total. The molecule has 0 bridgehead atoms. The van der Waals surface area contributed by atoms with Crippen LogP contribution in [-0.2, 0) is 11.3 Å². The summed E-state index contributed by atoms with van der Waals surface area (Å²) < 4.78 is 1.57. The highest BCUT2D eigenvalue weighted by Crippen LogP contribution is 2.25. The Morgan fingerprint density at radius 2 is 2.25 bits per heavy atom. The molecular formula is C16H20ClN5O2. The maximum atomic E-state index is 12.5. The Hall–Kier alpha value is -2.15. The number of piperidine rings is 1. The van der Waals surface area contributed by atoms with Gasteiger partial charge in [-0.2, -0.15) is 5.10 Å². The number of aryl methyl sites for hydroxylation is 2. The lowest BCUT2D eigenvalue weighted by molar-refractivity contribution is -0.133. The SMILES string of the molecule is Cc1nc([C@H]2CCCN(C(=O)Cn3cc(Cl)c(C)n3)C2)cc(=O)[nH]1. The van der Waals surface area contributed by atoms with E-state index in [2.05, 4.69) is 15.1 Å². The highest BCUT2D eigenvalue weighted by atomic mass is 35.5. The number of nitrogens with one attached hydrogen (secondary N) is 1. The number of hydrogen-bond donors (Lipinski definition) is 1. The largest absolute Gasteiger partial charge is 0.340 e. The Labute approximate surface area is 144 Å². The molecule has 1 amide bonds. The Bertz CT molecular complexity index is 794. The van der Waals surface area contributed by atoms with Crippen molar-refractivity contribution in [1.82, 2.24) is 24.6 Å². The first kappa shape index (κ1) is 16.7. The van der Waals surface area contributed by atoms with Crippen LogP contribution in [0, 0.1) is 13.8 Å². The predicted molar refractivity (Wildman–Crippen MR) is 90.1 cm³/mol. The lowest BCUT2D eigenvalue weighted by Gasteiger charge is -2.32. The molecule has 1 fully saturated rings. The summed E-state index contributed by atoms with van der Waals surface area (Å²) in [6.45, 7) is 5.03. The zero-order valence-corrected chi connectivity index (χ0v) is 14.5. The van der Waals surface area contributed by atoms with Gasteiger partial charge in [0, 0.05) is 31.3 Å². The van der Waals surface area contributed by atoms with Gasteiger partial charge in [-0.05, 0) is 26.7 Å². The van der Waals surface area contributed by atoms with Gasteiger partial charge in [0.1, 0.15) is 12.4 Å². The van der Waals surface area contributed by atoms with Gasteiger partial charge in [-0.15, -0.1) is 0 Å². The standard InChI is InChI=1S/C16H20ClN5O2/c1-10-13(17)8-22(20-10)9-16(24)21-5-3-4-12(7-21)14-6-15(23)19-11(2)18-14/h6,8,12H,3-5,7,9H2,1-2H3,(H,18,19,23)/t12-/m0/s1. The van der Waals surface area contributed by atoms with E-state index in [1.165, 1.54) is 6.07 Å². The average Bonchev–Trinajstić information content (AvgIpc) is 2.84. The van der Waals surface area contributed by atoms with E-state index in [1.807, 2.05) is 4.90 Å². The molecular weight excluding hydrogens is 330 g/mol. The van der Waals surface area contributed by atoms with Crippen molar-refractivity contribution in [3.05, 3.63) is 44.9 Å². The van der Waals surface area contributed by atoms with E-state index in [0.717, 1.165) is 18.5 Å². The van der Waals surface area contributed by atoms with Gasteiger partial charge < -0.3 is 9.88 Å².